The van der Waals surface area contributed by atoms with Crippen LogP contribution in [0.2, 0.25) is 5.02 Å². The van der Waals surface area contributed by atoms with Crippen LogP contribution in [0.5, 0.6) is 0 Å². The van der Waals surface area contributed by atoms with Crippen LogP contribution in [0, 0.1) is 11.6 Å². The molecule has 3 aromatic rings. The average molecular weight is 433 g/mol. The number of nitrogens with one attached hydrogen (secondary N) is 1. The SMILES string of the molecule is O=C1CCC2(CN(C(=O)c3sc4cc(-c5cccc(F)c5F)ccc4c3Cl)C2)N1. The monoisotopic (exact) mass is 432 g/mol. The fourth-order valence-electron chi connectivity index (χ4n) is 4.08. The van der Waals surface area contributed by atoms with Gasteiger partial charge in [-0.15, -0.1) is 11.3 Å². The molecule has 0 unspecified atom stereocenters. The van der Waals surface area contributed by atoms with E-state index >= 15 is 0 Å². The van der Waals surface area contributed by atoms with Gasteiger partial charge in [0.05, 0.1) is 10.6 Å². The minimum atomic E-state index is -0.909. The van der Waals surface area contributed by atoms with E-state index in [1.807, 2.05) is 0 Å². The van der Waals surface area contributed by atoms with Crippen molar-refractivity contribution >= 4 is 44.8 Å². The zero-order valence-electron chi connectivity index (χ0n) is 15.1. The van der Waals surface area contributed by atoms with Crippen LogP contribution in [0.15, 0.2) is 36.4 Å². The first-order valence-electron chi connectivity index (χ1n) is 9.14. The zero-order valence-corrected chi connectivity index (χ0v) is 16.7. The molecule has 0 atom stereocenters. The minimum absolute atomic E-state index is 0.0223. The lowest BCUT2D eigenvalue weighted by atomic mass is 9.88. The summed E-state index contributed by atoms with van der Waals surface area (Å²) in [6.07, 6.45) is 1.23. The highest BCUT2D eigenvalue weighted by atomic mass is 35.5. The van der Waals surface area contributed by atoms with Gasteiger partial charge in [0.25, 0.3) is 5.91 Å². The average Bonchev–Trinajstić information content (AvgIpc) is 3.23. The summed E-state index contributed by atoms with van der Waals surface area (Å²) < 4.78 is 28.4. The van der Waals surface area contributed by atoms with Crippen molar-refractivity contribution in [3.8, 4) is 11.1 Å². The Hall–Kier alpha value is -2.51. The van der Waals surface area contributed by atoms with Crippen molar-refractivity contribution in [3.63, 3.8) is 0 Å². The summed E-state index contributed by atoms with van der Waals surface area (Å²) >= 11 is 7.70. The first-order valence-corrected chi connectivity index (χ1v) is 10.3. The highest BCUT2D eigenvalue weighted by Gasteiger charge is 2.49. The van der Waals surface area contributed by atoms with E-state index in [9.17, 15) is 18.4 Å². The van der Waals surface area contributed by atoms with Crippen LogP contribution in [0.3, 0.4) is 0 Å². The molecular formula is C21H15ClF2N2O2S. The van der Waals surface area contributed by atoms with Crippen molar-refractivity contribution in [2.45, 2.75) is 18.4 Å². The fourth-order valence-corrected chi connectivity index (χ4v) is 5.60. The summed E-state index contributed by atoms with van der Waals surface area (Å²) in [5.41, 5.74) is 0.381. The molecule has 0 bridgehead atoms. The number of halogens is 3. The third-order valence-corrected chi connectivity index (χ3v) is 7.24. The molecule has 4 nitrogen and oxygen atoms in total. The van der Waals surface area contributed by atoms with Gasteiger partial charge in [-0.25, -0.2) is 8.78 Å². The van der Waals surface area contributed by atoms with E-state index < -0.39 is 11.6 Å². The molecule has 1 N–H and O–H groups in total. The van der Waals surface area contributed by atoms with E-state index in [1.165, 1.54) is 23.5 Å². The third kappa shape index (κ3) is 2.91. The number of amides is 2. The zero-order chi connectivity index (χ0) is 20.3. The van der Waals surface area contributed by atoms with Crippen LogP contribution in [-0.4, -0.2) is 35.3 Å². The highest BCUT2D eigenvalue weighted by Crippen LogP contribution is 2.40. The number of thiophene rings is 1. The molecule has 148 valence electrons. The normalized spacial score (nSPS) is 17.6. The van der Waals surface area contributed by atoms with Crippen LogP contribution >= 0.6 is 22.9 Å². The molecule has 0 saturated carbocycles. The molecule has 1 spiro atoms. The molecule has 0 radical (unpaired) electrons. The highest BCUT2D eigenvalue weighted by molar-refractivity contribution is 7.21. The van der Waals surface area contributed by atoms with E-state index in [0.717, 1.165) is 17.2 Å². The molecular weight excluding hydrogens is 418 g/mol. The van der Waals surface area contributed by atoms with Gasteiger partial charge in [-0.1, -0.05) is 35.9 Å². The molecule has 2 aromatic carbocycles. The number of hydrogen-bond donors (Lipinski definition) is 1. The molecule has 2 saturated heterocycles. The molecule has 29 heavy (non-hydrogen) atoms. The van der Waals surface area contributed by atoms with Crippen LogP contribution in [0.1, 0.15) is 22.5 Å². The molecule has 8 heteroatoms. The van der Waals surface area contributed by atoms with E-state index in [2.05, 4.69) is 5.32 Å². The molecule has 3 heterocycles. The number of nitrogens with zero attached hydrogens (tertiary/aromatic N) is 1. The summed E-state index contributed by atoms with van der Waals surface area (Å²) in [7, 11) is 0. The Bertz CT molecular complexity index is 1190. The van der Waals surface area contributed by atoms with Crippen LogP contribution in [0.4, 0.5) is 8.78 Å². The fraction of sp³-hybridized carbons (Fsp3) is 0.238. The number of benzene rings is 2. The number of fused-ring (bicyclic) bond motifs is 1. The van der Waals surface area contributed by atoms with Gasteiger partial charge in [0, 0.05) is 35.2 Å². The number of hydrogen-bond acceptors (Lipinski definition) is 3. The second-order valence-corrected chi connectivity index (χ2v) is 8.98. The van der Waals surface area contributed by atoms with Gasteiger partial charge in [0.1, 0.15) is 4.88 Å². The summed E-state index contributed by atoms with van der Waals surface area (Å²) in [5.74, 6) is -1.97. The van der Waals surface area contributed by atoms with Gasteiger partial charge in [-0.05, 0) is 24.1 Å². The van der Waals surface area contributed by atoms with Crippen molar-refractivity contribution in [1.82, 2.24) is 10.2 Å². The predicted octanol–water partition coefficient (Wildman–Crippen LogP) is 4.60. The van der Waals surface area contributed by atoms with Crippen molar-refractivity contribution in [1.29, 1.82) is 0 Å². The largest absolute Gasteiger partial charge is 0.347 e. The number of carbonyl (C=O) groups excluding carboxylic acids is 2. The Morgan fingerprint density at radius 2 is 2.00 bits per heavy atom. The van der Waals surface area contributed by atoms with Crippen LogP contribution in [0.25, 0.3) is 21.2 Å². The minimum Gasteiger partial charge on any atom is -0.347 e. The third-order valence-electron chi connectivity index (χ3n) is 5.60. The Kier molecular flexibility index (Phi) is 4.15. The second-order valence-electron chi connectivity index (χ2n) is 7.55. The van der Waals surface area contributed by atoms with Crippen molar-refractivity contribution in [3.05, 3.63) is 57.9 Å². The molecule has 2 aliphatic rings. The Morgan fingerprint density at radius 3 is 2.72 bits per heavy atom. The molecule has 2 aliphatic heterocycles. The Balaban J connectivity index is 1.45. The number of carbonyl (C=O) groups is 2. The van der Waals surface area contributed by atoms with Gasteiger partial charge in [-0.2, -0.15) is 0 Å². The Labute approximate surface area is 174 Å². The maximum atomic E-state index is 14.1. The molecule has 1 aromatic heterocycles. The summed E-state index contributed by atoms with van der Waals surface area (Å²) in [6.45, 7) is 0.948. The van der Waals surface area contributed by atoms with E-state index in [4.69, 9.17) is 11.6 Å². The quantitative estimate of drug-likeness (QED) is 0.643. The number of rotatable bonds is 2. The Morgan fingerprint density at radius 1 is 1.21 bits per heavy atom. The standard InChI is InChI=1S/C21H15ClF2N2O2S/c22-17-13-5-4-11(12-2-1-3-14(23)18(12)24)8-15(13)29-19(17)20(28)26-9-21(10-26)7-6-16(27)25-21/h1-5,8H,6-7,9-10H2,(H,25,27). The van der Waals surface area contributed by atoms with Crippen molar-refractivity contribution in [2.75, 3.05) is 13.1 Å². The lowest BCUT2D eigenvalue weighted by molar-refractivity contribution is -0.120. The van der Waals surface area contributed by atoms with E-state index in [-0.39, 0.29) is 22.9 Å². The van der Waals surface area contributed by atoms with Gasteiger partial charge in [0.15, 0.2) is 11.6 Å². The molecule has 2 amide bonds. The summed E-state index contributed by atoms with van der Waals surface area (Å²) in [6, 6.07) is 9.14. The van der Waals surface area contributed by atoms with Gasteiger partial charge < -0.3 is 10.2 Å². The van der Waals surface area contributed by atoms with Gasteiger partial charge in [-0.3, -0.25) is 9.59 Å². The second kappa shape index (κ2) is 6.50. The predicted molar refractivity (Wildman–Crippen MR) is 108 cm³/mol. The lowest BCUT2D eigenvalue weighted by Crippen LogP contribution is -2.68. The van der Waals surface area contributed by atoms with Crippen molar-refractivity contribution in [2.24, 2.45) is 0 Å². The topological polar surface area (TPSA) is 49.4 Å². The van der Waals surface area contributed by atoms with E-state index in [0.29, 0.717) is 40.4 Å². The first kappa shape index (κ1) is 18.5. The van der Waals surface area contributed by atoms with Crippen LogP contribution < -0.4 is 5.32 Å². The van der Waals surface area contributed by atoms with Gasteiger partial charge >= 0.3 is 0 Å². The van der Waals surface area contributed by atoms with Gasteiger partial charge in [0.2, 0.25) is 5.91 Å². The summed E-state index contributed by atoms with van der Waals surface area (Å²) in [5, 5.41) is 4.01. The molecule has 2 fully saturated rings. The molecule has 0 aliphatic carbocycles. The first-order chi connectivity index (χ1) is 13.9. The smallest absolute Gasteiger partial charge is 0.265 e. The van der Waals surface area contributed by atoms with Crippen LogP contribution in [-0.2, 0) is 4.79 Å². The van der Waals surface area contributed by atoms with Crippen molar-refractivity contribution < 1.29 is 18.4 Å². The summed E-state index contributed by atoms with van der Waals surface area (Å²) in [4.78, 5) is 26.5. The maximum absolute atomic E-state index is 14.1. The maximum Gasteiger partial charge on any atom is 0.265 e. The molecule has 5 rings (SSSR count). The number of likely N-dealkylation sites (tertiary alicyclic amines) is 1. The van der Waals surface area contributed by atoms with E-state index in [1.54, 1.807) is 23.1 Å². The lowest BCUT2D eigenvalue weighted by Gasteiger charge is -2.47.